The molecule has 0 atom stereocenters. The molecule has 4 heteroatoms. The first kappa shape index (κ1) is 12.6. The lowest BCUT2D eigenvalue weighted by atomic mass is 10.3. The molecule has 0 aliphatic heterocycles. The summed E-state index contributed by atoms with van der Waals surface area (Å²) in [6.07, 6.45) is 4.48. The van der Waals surface area contributed by atoms with Crippen molar-refractivity contribution < 1.29 is 0 Å². The summed E-state index contributed by atoms with van der Waals surface area (Å²) in [5.41, 5.74) is 1.75. The van der Waals surface area contributed by atoms with E-state index < -0.39 is 0 Å². The minimum absolute atomic E-state index is 0.220. The van der Waals surface area contributed by atoms with E-state index in [1.807, 2.05) is 6.92 Å². The van der Waals surface area contributed by atoms with E-state index in [4.69, 9.17) is 0 Å². The number of nitrogens with zero attached hydrogens (tertiary/aromatic N) is 2. The lowest BCUT2D eigenvalue weighted by Crippen LogP contribution is -2.26. The van der Waals surface area contributed by atoms with E-state index in [0.717, 1.165) is 30.6 Å². The fourth-order valence-electron chi connectivity index (χ4n) is 1.42. The van der Waals surface area contributed by atoms with E-state index in [9.17, 15) is 4.79 Å². The summed E-state index contributed by atoms with van der Waals surface area (Å²) in [6.45, 7) is 10.2. The number of aromatic nitrogens is 2. The second kappa shape index (κ2) is 6.23. The SMILES string of the molecule is C=C(CNCCC)Cn1cc(C)cnc1=O. The van der Waals surface area contributed by atoms with Crippen molar-refractivity contribution in [3.8, 4) is 0 Å². The van der Waals surface area contributed by atoms with Crippen LogP contribution in [-0.4, -0.2) is 22.6 Å². The summed E-state index contributed by atoms with van der Waals surface area (Å²) in [5.74, 6) is 0. The third kappa shape index (κ3) is 3.98. The molecule has 1 aromatic rings. The van der Waals surface area contributed by atoms with E-state index >= 15 is 0 Å². The third-order valence-corrected chi connectivity index (χ3v) is 2.18. The van der Waals surface area contributed by atoms with Crippen molar-refractivity contribution in [1.82, 2.24) is 14.9 Å². The number of aryl methyl sites for hydroxylation is 1. The third-order valence-electron chi connectivity index (χ3n) is 2.18. The molecule has 0 saturated heterocycles. The van der Waals surface area contributed by atoms with Crippen molar-refractivity contribution in [2.45, 2.75) is 26.8 Å². The van der Waals surface area contributed by atoms with Crippen molar-refractivity contribution in [3.05, 3.63) is 40.6 Å². The standard InChI is InChI=1S/C12H19N3O/c1-4-5-13-6-10(2)8-15-9-11(3)7-14-12(15)16/h7,9,13H,2,4-6,8H2,1,3H3. The number of hydrogen-bond donors (Lipinski definition) is 1. The summed E-state index contributed by atoms with van der Waals surface area (Å²) >= 11 is 0. The van der Waals surface area contributed by atoms with E-state index in [2.05, 4.69) is 23.8 Å². The molecule has 4 nitrogen and oxygen atoms in total. The Hall–Kier alpha value is -1.42. The minimum Gasteiger partial charge on any atom is -0.313 e. The van der Waals surface area contributed by atoms with Crippen LogP contribution in [0.2, 0.25) is 0 Å². The first-order chi connectivity index (χ1) is 7.63. The maximum atomic E-state index is 11.4. The predicted octanol–water partition coefficient (Wildman–Crippen LogP) is 1.11. The molecular formula is C12H19N3O. The van der Waals surface area contributed by atoms with E-state index in [-0.39, 0.29) is 5.69 Å². The van der Waals surface area contributed by atoms with Gasteiger partial charge in [-0.25, -0.2) is 9.78 Å². The highest BCUT2D eigenvalue weighted by Crippen LogP contribution is 1.95. The topological polar surface area (TPSA) is 46.9 Å². The van der Waals surface area contributed by atoms with Crippen molar-refractivity contribution >= 4 is 0 Å². The first-order valence-corrected chi connectivity index (χ1v) is 5.54. The van der Waals surface area contributed by atoms with Crippen molar-refractivity contribution in [2.24, 2.45) is 0 Å². The Labute approximate surface area is 96.0 Å². The molecule has 0 aliphatic rings. The van der Waals surface area contributed by atoms with Gasteiger partial charge in [0.15, 0.2) is 0 Å². The van der Waals surface area contributed by atoms with Crippen molar-refractivity contribution in [1.29, 1.82) is 0 Å². The number of rotatable bonds is 6. The van der Waals surface area contributed by atoms with Gasteiger partial charge in [0.05, 0.1) is 0 Å². The van der Waals surface area contributed by atoms with Crippen LogP contribution in [0.1, 0.15) is 18.9 Å². The van der Waals surface area contributed by atoms with Crippen LogP contribution in [-0.2, 0) is 6.54 Å². The minimum atomic E-state index is -0.220. The van der Waals surface area contributed by atoms with Gasteiger partial charge in [-0.3, -0.25) is 4.57 Å². The zero-order chi connectivity index (χ0) is 12.0. The van der Waals surface area contributed by atoms with Gasteiger partial charge in [-0.05, 0) is 31.0 Å². The summed E-state index contributed by atoms with van der Waals surface area (Å²) in [4.78, 5) is 15.2. The normalized spacial score (nSPS) is 10.4. The second-order valence-corrected chi connectivity index (χ2v) is 3.97. The highest BCUT2D eigenvalue weighted by atomic mass is 16.1. The van der Waals surface area contributed by atoms with E-state index in [1.54, 1.807) is 17.0 Å². The van der Waals surface area contributed by atoms with Crippen molar-refractivity contribution in [3.63, 3.8) is 0 Å². The van der Waals surface area contributed by atoms with Gasteiger partial charge >= 0.3 is 5.69 Å². The molecule has 1 aromatic heterocycles. The Kier molecular flexibility index (Phi) is 4.92. The Morgan fingerprint density at radius 1 is 1.62 bits per heavy atom. The summed E-state index contributed by atoms with van der Waals surface area (Å²) in [6, 6.07) is 0. The second-order valence-electron chi connectivity index (χ2n) is 3.97. The number of nitrogens with one attached hydrogen (secondary N) is 1. The maximum Gasteiger partial charge on any atom is 0.347 e. The van der Waals surface area contributed by atoms with Gasteiger partial charge in [0, 0.05) is 25.5 Å². The van der Waals surface area contributed by atoms with Gasteiger partial charge in [0.25, 0.3) is 0 Å². The molecule has 0 spiro atoms. The molecule has 0 bridgehead atoms. The van der Waals surface area contributed by atoms with Crippen LogP contribution in [0.4, 0.5) is 0 Å². The van der Waals surface area contributed by atoms with Crippen LogP contribution < -0.4 is 11.0 Å². The molecular weight excluding hydrogens is 202 g/mol. The van der Waals surface area contributed by atoms with Crippen LogP contribution in [0.3, 0.4) is 0 Å². The van der Waals surface area contributed by atoms with Crippen LogP contribution >= 0.6 is 0 Å². The molecule has 0 unspecified atom stereocenters. The Bertz CT molecular complexity index is 409. The molecule has 1 N–H and O–H groups in total. The molecule has 0 aliphatic carbocycles. The fraction of sp³-hybridized carbons (Fsp3) is 0.500. The van der Waals surface area contributed by atoms with Crippen LogP contribution in [0, 0.1) is 6.92 Å². The maximum absolute atomic E-state index is 11.4. The Balaban J connectivity index is 2.56. The number of hydrogen-bond acceptors (Lipinski definition) is 3. The lowest BCUT2D eigenvalue weighted by Gasteiger charge is -2.09. The largest absolute Gasteiger partial charge is 0.347 e. The van der Waals surface area contributed by atoms with E-state index in [0.29, 0.717) is 6.54 Å². The average molecular weight is 221 g/mol. The highest BCUT2D eigenvalue weighted by Gasteiger charge is 2.00. The quantitative estimate of drug-likeness (QED) is 0.578. The summed E-state index contributed by atoms with van der Waals surface area (Å²) in [7, 11) is 0. The zero-order valence-corrected chi connectivity index (χ0v) is 9.99. The first-order valence-electron chi connectivity index (χ1n) is 5.54. The molecule has 88 valence electrons. The smallest absolute Gasteiger partial charge is 0.313 e. The molecule has 1 rings (SSSR count). The van der Waals surface area contributed by atoms with E-state index in [1.165, 1.54) is 0 Å². The summed E-state index contributed by atoms with van der Waals surface area (Å²) in [5, 5.41) is 3.25. The Morgan fingerprint density at radius 3 is 3.06 bits per heavy atom. The molecule has 0 saturated carbocycles. The molecule has 0 aromatic carbocycles. The molecule has 1 heterocycles. The molecule has 0 amide bonds. The zero-order valence-electron chi connectivity index (χ0n) is 9.99. The average Bonchev–Trinajstić information content (AvgIpc) is 2.24. The molecule has 0 radical (unpaired) electrons. The van der Waals surface area contributed by atoms with Gasteiger partial charge in [-0.2, -0.15) is 0 Å². The monoisotopic (exact) mass is 221 g/mol. The molecule has 16 heavy (non-hydrogen) atoms. The van der Waals surface area contributed by atoms with Gasteiger partial charge in [0.1, 0.15) is 0 Å². The van der Waals surface area contributed by atoms with Gasteiger partial charge in [-0.15, -0.1) is 0 Å². The Morgan fingerprint density at radius 2 is 2.38 bits per heavy atom. The fourth-order valence-corrected chi connectivity index (χ4v) is 1.42. The lowest BCUT2D eigenvalue weighted by molar-refractivity contribution is 0.652. The van der Waals surface area contributed by atoms with Crippen molar-refractivity contribution in [2.75, 3.05) is 13.1 Å². The van der Waals surface area contributed by atoms with Gasteiger partial charge in [-0.1, -0.05) is 13.5 Å². The van der Waals surface area contributed by atoms with Crippen LogP contribution in [0.25, 0.3) is 0 Å². The predicted molar refractivity (Wildman–Crippen MR) is 65.5 cm³/mol. The highest BCUT2D eigenvalue weighted by molar-refractivity contribution is 5.03. The van der Waals surface area contributed by atoms with Gasteiger partial charge < -0.3 is 5.32 Å². The van der Waals surface area contributed by atoms with Gasteiger partial charge in [0.2, 0.25) is 0 Å². The molecule has 0 fully saturated rings. The van der Waals surface area contributed by atoms with Crippen LogP contribution in [0.5, 0.6) is 0 Å². The summed E-state index contributed by atoms with van der Waals surface area (Å²) < 4.78 is 1.59. The van der Waals surface area contributed by atoms with Crippen LogP contribution in [0.15, 0.2) is 29.3 Å².